The number of aryl methyl sites for hydroxylation is 2. The molecule has 2 aliphatic rings. The third kappa shape index (κ3) is 4.50. The summed E-state index contributed by atoms with van der Waals surface area (Å²) in [5.74, 6) is 3.24. The normalized spacial score (nSPS) is 17.0. The Balaban J connectivity index is 1.44. The molecule has 32 heavy (non-hydrogen) atoms. The average Bonchev–Trinajstić information content (AvgIpc) is 2.84. The molecule has 8 nitrogen and oxygen atoms in total. The van der Waals surface area contributed by atoms with Crippen LogP contribution in [0.5, 0.6) is 0 Å². The molecule has 0 unspecified atom stereocenters. The number of rotatable bonds is 4. The van der Waals surface area contributed by atoms with Gasteiger partial charge in [0.1, 0.15) is 5.82 Å². The van der Waals surface area contributed by atoms with Crippen LogP contribution in [0.2, 0.25) is 0 Å². The number of morpholine rings is 1. The number of anilines is 3. The lowest BCUT2D eigenvalue weighted by Crippen LogP contribution is -2.47. The summed E-state index contributed by atoms with van der Waals surface area (Å²) >= 11 is 0. The second-order valence-corrected chi connectivity index (χ2v) is 8.40. The molecule has 0 amide bonds. The summed E-state index contributed by atoms with van der Waals surface area (Å²) in [6, 6.07) is 12.5. The summed E-state index contributed by atoms with van der Waals surface area (Å²) in [5, 5.41) is 0. The van der Waals surface area contributed by atoms with Gasteiger partial charge >= 0.3 is 0 Å². The second-order valence-electron chi connectivity index (χ2n) is 8.40. The lowest BCUT2D eigenvalue weighted by Gasteiger charge is -2.36. The number of hydrogen-bond acceptors (Lipinski definition) is 8. The number of pyridine rings is 1. The van der Waals surface area contributed by atoms with Crippen LogP contribution in [0.1, 0.15) is 11.1 Å². The van der Waals surface area contributed by atoms with E-state index < -0.39 is 0 Å². The molecule has 5 rings (SSSR count). The Kier molecular flexibility index (Phi) is 5.85. The number of ether oxygens (including phenoxy) is 1. The summed E-state index contributed by atoms with van der Waals surface area (Å²) < 4.78 is 5.53. The fraction of sp³-hybridized carbons (Fsp3) is 0.417. The minimum absolute atomic E-state index is 0.697. The Hall–Kier alpha value is -3.26. The van der Waals surface area contributed by atoms with Crippen LogP contribution in [-0.2, 0) is 4.74 Å². The molecule has 0 atom stereocenters. The predicted molar refractivity (Wildman–Crippen MR) is 126 cm³/mol. The smallest absolute Gasteiger partial charge is 0.230 e. The zero-order valence-electron chi connectivity index (χ0n) is 18.7. The largest absolute Gasteiger partial charge is 0.378 e. The zero-order valence-corrected chi connectivity index (χ0v) is 18.7. The summed E-state index contributed by atoms with van der Waals surface area (Å²) in [6.45, 7) is 10.7. The molecule has 0 radical (unpaired) electrons. The lowest BCUT2D eigenvalue weighted by atomic mass is 10.1. The topological polar surface area (TPSA) is 70.5 Å². The van der Waals surface area contributed by atoms with E-state index in [2.05, 4.69) is 57.8 Å². The van der Waals surface area contributed by atoms with E-state index in [0.29, 0.717) is 13.2 Å². The van der Waals surface area contributed by atoms with Crippen molar-refractivity contribution in [3.05, 3.63) is 53.7 Å². The van der Waals surface area contributed by atoms with E-state index in [1.165, 1.54) is 11.1 Å². The van der Waals surface area contributed by atoms with Crippen LogP contribution >= 0.6 is 0 Å². The summed E-state index contributed by atoms with van der Waals surface area (Å²) in [5.41, 5.74) is 3.45. The molecule has 2 aromatic heterocycles. The van der Waals surface area contributed by atoms with E-state index in [4.69, 9.17) is 19.7 Å². The molecule has 2 fully saturated rings. The molecule has 0 N–H and O–H groups in total. The van der Waals surface area contributed by atoms with E-state index >= 15 is 0 Å². The SMILES string of the molecule is Cc1cc(C)cc(-c2nc(N3CCOCC3)nc(N3CCN(c4ccccn4)CC3)n2)c1. The van der Waals surface area contributed by atoms with Gasteiger partial charge in [0, 0.05) is 51.0 Å². The van der Waals surface area contributed by atoms with Crippen molar-refractivity contribution in [3.63, 3.8) is 0 Å². The van der Waals surface area contributed by atoms with Gasteiger partial charge in [-0.2, -0.15) is 15.0 Å². The van der Waals surface area contributed by atoms with Crippen LogP contribution in [0, 0.1) is 13.8 Å². The Morgan fingerprint density at radius 3 is 1.97 bits per heavy atom. The zero-order chi connectivity index (χ0) is 21.9. The molecule has 2 saturated heterocycles. The number of hydrogen-bond donors (Lipinski definition) is 0. The van der Waals surface area contributed by atoms with Gasteiger partial charge in [0.2, 0.25) is 11.9 Å². The predicted octanol–water partition coefficient (Wildman–Crippen LogP) is 2.71. The van der Waals surface area contributed by atoms with Gasteiger partial charge in [0.05, 0.1) is 13.2 Å². The van der Waals surface area contributed by atoms with Gasteiger partial charge in [0.25, 0.3) is 0 Å². The molecular weight excluding hydrogens is 402 g/mol. The highest BCUT2D eigenvalue weighted by Gasteiger charge is 2.23. The molecule has 0 spiro atoms. The van der Waals surface area contributed by atoms with E-state index in [1.54, 1.807) is 0 Å². The second kappa shape index (κ2) is 9.08. The minimum Gasteiger partial charge on any atom is -0.378 e. The van der Waals surface area contributed by atoms with Crippen molar-refractivity contribution < 1.29 is 4.74 Å². The van der Waals surface area contributed by atoms with Gasteiger partial charge in [-0.15, -0.1) is 0 Å². The Morgan fingerprint density at radius 2 is 1.34 bits per heavy atom. The Morgan fingerprint density at radius 1 is 0.719 bits per heavy atom. The van der Waals surface area contributed by atoms with Gasteiger partial charge in [-0.25, -0.2) is 4.98 Å². The summed E-state index contributed by atoms with van der Waals surface area (Å²) in [6.07, 6.45) is 1.85. The fourth-order valence-corrected chi connectivity index (χ4v) is 4.31. The van der Waals surface area contributed by atoms with Crippen molar-refractivity contribution in [1.82, 2.24) is 19.9 Å². The molecular formula is C24H29N7O. The highest BCUT2D eigenvalue weighted by atomic mass is 16.5. The first-order valence-electron chi connectivity index (χ1n) is 11.2. The minimum atomic E-state index is 0.697. The molecule has 2 aliphatic heterocycles. The van der Waals surface area contributed by atoms with E-state index in [9.17, 15) is 0 Å². The van der Waals surface area contributed by atoms with Crippen molar-refractivity contribution >= 4 is 17.7 Å². The standard InChI is InChI=1S/C24H29N7O/c1-18-15-19(2)17-20(16-18)22-26-23(28-24(27-22)31-11-13-32-14-12-31)30-9-7-29(8-10-30)21-5-3-4-6-25-21/h3-6,15-17H,7-14H2,1-2H3. The molecule has 3 aromatic rings. The third-order valence-electron chi connectivity index (χ3n) is 5.92. The van der Waals surface area contributed by atoms with Crippen molar-refractivity contribution in [3.8, 4) is 11.4 Å². The maximum atomic E-state index is 5.53. The van der Waals surface area contributed by atoms with E-state index in [1.807, 2.05) is 18.3 Å². The fourth-order valence-electron chi connectivity index (χ4n) is 4.31. The molecule has 4 heterocycles. The highest BCUT2D eigenvalue weighted by molar-refractivity contribution is 5.61. The highest BCUT2D eigenvalue weighted by Crippen LogP contribution is 2.25. The Labute approximate surface area is 188 Å². The van der Waals surface area contributed by atoms with Crippen molar-refractivity contribution in [2.45, 2.75) is 13.8 Å². The van der Waals surface area contributed by atoms with Crippen LogP contribution in [0.4, 0.5) is 17.7 Å². The monoisotopic (exact) mass is 431 g/mol. The quantitative estimate of drug-likeness (QED) is 0.625. The first-order valence-corrected chi connectivity index (χ1v) is 11.2. The van der Waals surface area contributed by atoms with E-state index in [-0.39, 0.29) is 0 Å². The van der Waals surface area contributed by atoms with Gasteiger partial charge in [-0.3, -0.25) is 0 Å². The number of nitrogens with zero attached hydrogens (tertiary/aromatic N) is 7. The average molecular weight is 432 g/mol. The van der Waals surface area contributed by atoms with Gasteiger partial charge in [0.15, 0.2) is 5.82 Å². The maximum absolute atomic E-state index is 5.53. The summed E-state index contributed by atoms with van der Waals surface area (Å²) in [7, 11) is 0. The third-order valence-corrected chi connectivity index (χ3v) is 5.92. The first-order chi connectivity index (χ1) is 15.7. The van der Waals surface area contributed by atoms with Crippen LogP contribution in [-0.4, -0.2) is 72.4 Å². The van der Waals surface area contributed by atoms with Crippen molar-refractivity contribution in [2.75, 3.05) is 67.2 Å². The van der Waals surface area contributed by atoms with Crippen molar-refractivity contribution in [1.29, 1.82) is 0 Å². The van der Waals surface area contributed by atoms with Crippen molar-refractivity contribution in [2.24, 2.45) is 0 Å². The molecule has 0 aliphatic carbocycles. The lowest BCUT2D eigenvalue weighted by molar-refractivity contribution is 0.122. The molecule has 166 valence electrons. The van der Waals surface area contributed by atoms with Gasteiger partial charge in [-0.1, -0.05) is 23.3 Å². The first kappa shape index (κ1) is 20.6. The Bertz CT molecular complexity index is 1040. The van der Waals surface area contributed by atoms with Crippen LogP contribution in [0.3, 0.4) is 0 Å². The van der Waals surface area contributed by atoms with E-state index in [0.717, 1.165) is 68.4 Å². The van der Waals surface area contributed by atoms with Crippen LogP contribution in [0.15, 0.2) is 42.6 Å². The maximum Gasteiger partial charge on any atom is 0.230 e. The molecule has 0 bridgehead atoms. The summed E-state index contributed by atoms with van der Waals surface area (Å²) in [4.78, 5) is 25.9. The molecule has 0 saturated carbocycles. The van der Waals surface area contributed by atoms with Gasteiger partial charge < -0.3 is 19.4 Å². The molecule has 1 aromatic carbocycles. The number of piperazine rings is 1. The van der Waals surface area contributed by atoms with Crippen LogP contribution < -0.4 is 14.7 Å². The number of benzene rings is 1. The van der Waals surface area contributed by atoms with Crippen LogP contribution in [0.25, 0.3) is 11.4 Å². The molecule has 8 heteroatoms. The number of aromatic nitrogens is 4. The van der Waals surface area contributed by atoms with Gasteiger partial charge in [-0.05, 0) is 38.1 Å².